The molecule has 2 aromatic rings. The van der Waals surface area contributed by atoms with E-state index in [1.54, 1.807) is 0 Å². The van der Waals surface area contributed by atoms with Crippen molar-refractivity contribution in [1.29, 1.82) is 0 Å². The van der Waals surface area contributed by atoms with Gasteiger partial charge in [0.15, 0.2) is 0 Å². The third kappa shape index (κ3) is 2.09. The van der Waals surface area contributed by atoms with Crippen molar-refractivity contribution >= 4 is 11.6 Å². The third-order valence-corrected chi connectivity index (χ3v) is 1.97. The highest BCUT2D eigenvalue weighted by molar-refractivity contribution is 5.88. The molecule has 8 nitrogen and oxygen atoms in total. The molecule has 1 amide bonds. The smallest absolute Gasteiger partial charge is 0.316 e. The van der Waals surface area contributed by atoms with Crippen molar-refractivity contribution in [3.63, 3.8) is 0 Å². The van der Waals surface area contributed by atoms with E-state index in [0.29, 0.717) is 5.56 Å². The number of carbonyl (C=O) groups is 1. The Hall–Kier alpha value is -2.77. The summed E-state index contributed by atoms with van der Waals surface area (Å²) in [6.07, 6.45) is 0. The minimum Gasteiger partial charge on any atom is -0.361 e. The van der Waals surface area contributed by atoms with Crippen LogP contribution in [0, 0.1) is 10.1 Å². The number of nitro groups is 1. The maximum Gasteiger partial charge on any atom is 0.316 e. The Balaban J connectivity index is 2.33. The van der Waals surface area contributed by atoms with Gasteiger partial charge >= 0.3 is 11.8 Å². The average Bonchev–Trinajstić information content (AvgIpc) is 2.78. The first kappa shape index (κ1) is 10.7. The first-order valence-electron chi connectivity index (χ1n) is 4.46. The van der Waals surface area contributed by atoms with Crippen LogP contribution in [0.2, 0.25) is 0 Å². The van der Waals surface area contributed by atoms with Crippen LogP contribution >= 0.6 is 0 Å². The third-order valence-electron chi connectivity index (χ3n) is 1.97. The maximum atomic E-state index is 10.7. The molecule has 2 N–H and O–H groups in total. The number of benzene rings is 1. The molecule has 0 spiro atoms. The lowest BCUT2D eigenvalue weighted by Gasteiger charge is -1.93. The number of hydrogen-bond donors (Lipinski definition) is 1. The summed E-state index contributed by atoms with van der Waals surface area (Å²) in [6.45, 7) is 0. The van der Waals surface area contributed by atoms with Gasteiger partial charge in [-0.25, -0.2) is 0 Å². The summed E-state index contributed by atoms with van der Waals surface area (Å²) < 4.78 is 4.59. The van der Waals surface area contributed by atoms with E-state index in [9.17, 15) is 14.9 Å². The van der Waals surface area contributed by atoms with E-state index in [0.717, 1.165) is 0 Å². The van der Waals surface area contributed by atoms with Crippen LogP contribution in [0.15, 0.2) is 28.8 Å². The van der Waals surface area contributed by atoms with Gasteiger partial charge in [0.05, 0.1) is 4.92 Å². The van der Waals surface area contributed by atoms with Gasteiger partial charge in [-0.3, -0.25) is 14.9 Å². The molecule has 0 aliphatic rings. The van der Waals surface area contributed by atoms with Crippen LogP contribution in [0.5, 0.6) is 0 Å². The molecule has 0 bridgehead atoms. The molecule has 0 saturated carbocycles. The zero-order valence-corrected chi connectivity index (χ0v) is 8.36. The lowest BCUT2D eigenvalue weighted by molar-refractivity contribution is -0.384. The van der Waals surface area contributed by atoms with Crippen molar-refractivity contribution in [2.24, 2.45) is 5.73 Å². The zero-order chi connectivity index (χ0) is 12.4. The minimum absolute atomic E-state index is 0.0487. The summed E-state index contributed by atoms with van der Waals surface area (Å²) in [7, 11) is 0. The summed E-state index contributed by atoms with van der Waals surface area (Å²) in [6, 6.07) is 5.51. The van der Waals surface area contributed by atoms with Gasteiger partial charge in [-0.05, 0) is 12.1 Å². The van der Waals surface area contributed by atoms with Gasteiger partial charge in [0.25, 0.3) is 5.69 Å². The molecule has 17 heavy (non-hydrogen) atoms. The molecule has 0 radical (unpaired) electrons. The molecule has 0 unspecified atom stereocenters. The lowest BCUT2D eigenvalue weighted by atomic mass is 10.2. The fraction of sp³-hybridized carbons (Fsp3) is 0. The molecule has 86 valence electrons. The van der Waals surface area contributed by atoms with Crippen LogP contribution < -0.4 is 5.73 Å². The maximum absolute atomic E-state index is 10.7. The molecular weight excluding hydrogens is 228 g/mol. The van der Waals surface area contributed by atoms with Crippen LogP contribution in [-0.4, -0.2) is 21.0 Å². The van der Waals surface area contributed by atoms with Crippen LogP contribution in [0.3, 0.4) is 0 Å². The number of nitrogens with zero attached hydrogens (tertiary/aromatic N) is 3. The Morgan fingerprint density at radius 1 is 1.35 bits per heavy atom. The predicted molar refractivity (Wildman–Crippen MR) is 54.9 cm³/mol. The van der Waals surface area contributed by atoms with E-state index in [-0.39, 0.29) is 17.4 Å². The molecule has 0 fully saturated rings. The topological polar surface area (TPSA) is 125 Å². The van der Waals surface area contributed by atoms with Crippen LogP contribution in [0.4, 0.5) is 5.69 Å². The van der Waals surface area contributed by atoms with E-state index in [2.05, 4.69) is 14.7 Å². The van der Waals surface area contributed by atoms with Crippen molar-refractivity contribution in [3.8, 4) is 11.4 Å². The number of carbonyl (C=O) groups excluding carboxylic acids is 1. The standard InChI is InChI=1S/C9H6N4O4/c10-7(14)9-11-8(12-17-9)5-1-3-6(4-2-5)13(15)16/h1-4H,(H2,10,14). The Morgan fingerprint density at radius 2 is 2.00 bits per heavy atom. The van der Waals surface area contributed by atoms with Gasteiger partial charge < -0.3 is 10.3 Å². The first-order valence-corrected chi connectivity index (χ1v) is 4.46. The normalized spacial score (nSPS) is 10.1. The van der Waals surface area contributed by atoms with Crippen LogP contribution in [0.25, 0.3) is 11.4 Å². The van der Waals surface area contributed by atoms with Gasteiger partial charge in [-0.15, -0.1) is 0 Å². The highest BCUT2D eigenvalue weighted by Crippen LogP contribution is 2.19. The predicted octanol–water partition coefficient (Wildman–Crippen LogP) is 0.744. The summed E-state index contributed by atoms with van der Waals surface area (Å²) in [4.78, 5) is 24.4. The molecule has 1 heterocycles. The summed E-state index contributed by atoms with van der Waals surface area (Å²) in [5.41, 5.74) is 5.39. The van der Waals surface area contributed by atoms with E-state index in [1.807, 2.05) is 0 Å². The van der Waals surface area contributed by atoms with Gasteiger partial charge in [0.2, 0.25) is 5.82 Å². The number of primary amides is 1. The number of nitro benzene ring substituents is 1. The zero-order valence-electron chi connectivity index (χ0n) is 8.36. The number of nitrogens with two attached hydrogens (primary N) is 1. The van der Waals surface area contributed by atoms with Gasteiger partial charge in [-0.2, -0.15) is 4.98 Å². The minimum atomic E-state index is -0.828. The highest BCUT2D eigenvalue weighted by Gasteiger charge is 2.13. The number of rotatable bonds is 3. The fourth-order valence-corrected chi connectivity index (χ4v) is 1.17. The van der Waals surface area contributed by atoms with Crippen molar-refractivity contribution in [2.75, 3.05) is 0 Å². The second-order valence-corrected chi connectivity index (χ2v) is 3.09. The van der Waals surface area contributed by atoms with E-state index < -0.39 is 10.8 Å². The monoisotopic (exact) mass is 234 g/mol. The molecule has 2 rings (SSSR count). The van der Waals surface area contributed by atoms with Crippen molar-refractivity contribution < 1.29 is 14.2 Å². The molecule has 1 aromatic heterocycles. The van der Waals surface area contributed by atoms with Gasteiger partial charge in [-0.1, -0.05) is 5.16 Å². The van der Waals surface area contributed by atoms with Crippen molar-refractivity contribution in [3.05, 3.63) is 40.3 Å². The second kappa shape index (κ2) is 4.00. The van der Waals surface area contributed by atoms with Gasteiger partial charge in [0, 0.05) is 17.7 Å². The Labute approximate surface area is 94.2 Å². The highest BCUT2D eigenvalue weighted by atomic mass is 16.6. The molecule has 8 heteroatoms. The Morgan fingerprint density at radius 3 is 2.47 bits per heavy atom. The number of aromatic nitrogens is 2. The molecule has 1 aromatic carbocycles. The second-order valence-electron chi connectivity index (χ2n) is 3.09. The van der Waals surface area contributed by atoms with Gasteiger partial charge in [0.1, 0.15) is 0 Å². The van der Waals surface area contributed by atoms with E-state index in [1.165, 1.54) is 24.3 Å². The van der Waals surface area contributed by atoms with Crippen LogP contribution in [0.1, 0.15) is 10.7 Å². The van der Waals surface area contributed by atoms with Crippen LogP contribution in [-0.2, 0) is 0 Å². The summed E-state index contributed by atoms with van der Waals surface area (Å²) >= 11 is 0. The molecular formula is C9H6N4O4. The van der Waals surface area contributed by atoms with E-state index >= 15 is 0 Å². The lowest BCUT2D eigenvalue weighted by Crippen LogP contribution is -2.10. The van der Waals surface area contributed by atoms with Crippen molar-refractivity contribution in [2.45, 2.75) is 0 Å². The quantitative estimate of drug-likeness (QED) is 0.616. The number of amides is 1. The molecule has 0 atom stereocenters. The SMILES string of the molecule is NC(=O)c1nc(-c2ccc([N+](=O)[O-])cc2)no1. The first-order chi connectivity index (χ1) is 8.08. The molecule has 0 aliphatic heterocycles. The van der Waals surface area contributed by atoms with E-state index in [4.69, 9.17) is 5.73 Å². The largest absolute Gasteiger partial charge is 0.361 e. The van der Waals surface area contributed by atoms with Crippen molar-refractivity contribution in [1.82, 2.24) is 10.1 Å². The number of non-ortho nitro benzene ring substituents is 1. The molecule has 0 aliphatic carbocycles. The number of hydrogen-bond acceptors (Lipinski definition) is 6. The summed E-state index contributed by atoms with van der Waals surface area (Å²) in [5, 5.41) is 14.0. The Kier molecular flexibility index (Phi) is 2.53. The molecule has 0 saturated heterocycles. The average molecular weight is 234 g/mol. The fourth-order valence-electron chi connectivity index (χ4n) is 1.17. The Bertz CT molecular complexity index is 575. The summed E-state index contributed by atoms with van der Waals surface area (Å²) in [5.74, 6) is -0.988.